The van der Waals surface area contributed by atoms with E-state index in [2.05, 4.69) is 4.72 Å². The lowest BCUT2D eigenvalue weighted by Gasteiger charge is -2.30. The van der Waals surface area contributed by atoms with Gasteiger partial charge in [0.25, 0.3) is 10.0 Å². The van der Waals surface area contributed by atoms with E-state index < -0.39 is 33.6 Å². The molecule has 3 rings (SSSR count). The van der Waals surface area contributed by atoms with E-state index in [-0.39, 0.29) is 23.3 Å². The molecule has 172 valence electrons. The number of rotatable bonds is 9. The van der Waals surface area contributed by atoms with Gasteiger partial charge in [-0.2, -0.15) is 0 Å². The van der Waals surface area contributed by atoms with Crippen molar-refractivity contribution >= 4 is 27.5 Å². The highest BCUT2D eigenvalue weighted by Crippen LogP contribution is 2.37. The first-order chi connectivity index (χ1) is 15.1. The molecule has 1 atom stereocenters. The Morgan fingerprint density at radius 1 is 1.09 bits per heavy atom. The van der Waals surface area contributed by atoms with Crippen LogP contribution in [0.2, 0.25) is 0 Å². The Hall–Kier alpha value is -2.94. The molecular formula is C23H27FN2O5S. The van der Waals surface area contributed by atoms with Crippen molar-refractivity contribution in [3.63, 3.8) is 0 Å². The highest BCUT2D eigenvalue weighted by Gasteiger charge is 2.39. The molecule has 0 aliphatic heterocycles. The van der Waals surface area contributed by atoms with Gasteiger partial charge in [0.1, 0.15) is 17.5 Å². The third-order valence-corrected chi connectivity index (χ3v) is 6.71. The first-order valence-corrected chi connectivity index (χ1v) is 11.9. The molecule has 1 N–H and O–H groups in total. The van der Waals surface area contributed by atoms with E-state index in [0.717, 1.165) is 12.8 Å². The van der Waals surface area contributed by atoms with Crippen molar-refractivity contribution in [2.45, 2.75) is 44.0 Å². The number of benzene rings is 2. The summed E-state index contributed by atoms with van der Waals surface area (Å²) in [7, 11) is -2.71. The summed E-state index contributed by atoms with van der Waals surface area (Å²) < 4.78 is 45.9. The Morgan fingerprint density at radius 3 is 2.19 bits per heavy atom. The summed E-state index contributed by atoms with van der Waals surface area (Å²) in [4.78, 5) is 27.8. The Bertz CT molecular complexity index is 1060. The van der Waals surface area contributed by atoms with Gasteiger partial charge in [0, 0.05) is 11.7 Å². The molecular weight excluding hydrogens is 435 g/mol. The number of methoxy groups -OCH3 is 1. The lowest BCUT2D eigenvalue weighted by Crippen LogP contribution is -2.48. The number of halogens is 1. The molecule has 0 saturated heterocycles. The summed E-state index contributed by atoms with van der Waals surface area (Å²) in [6.45, 7) is 3.56. The molecule has 0 radical (unpaired) electrons. The van der Waals surface area contributed by atoms with Gasteiger partial charge in [-0.15, -0.1) is 0 Å². The maximum atomic E-state index is 13.4. The highest BCUT2D eigenvalue weighted by atomic mass is 32.2. The largest absolute Gasteiger partial charge is 0.497 e. The van der Waals surface area contributed by atoms with Crippen molar-refractivity contribution in [3.8, 4) is 5.75 Å². The Morgan fingerprint density at radius 2 is 1.69 bits per heavy atom. The van der Waals surface area contributed by atoms with Gasteiger partial charge in [-0.05, 0) is 74.7 Å². The molecule has 1 fully saturated rings. The summed E-state index contributed by atoms with van der Waals surface area (Å²) in [5.41, 5.74) is 0.443. The van der Waals surface area contributed by atoms with E-state index in [1.165, 1.54) is 60.5 Å². The first kappa shape index (κ1) is 23.7. The van der Waals surface area contributed by atoms with Crippen LogP contribution in [0.3, 0.4) is 0 Å². The van der Waals surface area contributed by atoms with Gasteiger partial charge >= 0.3 is 0 Å². The van der Waals surface area contributed by atoms with Crippen molar-refractivity contribution in [3.05, 3.63) is 54.3 Å². The van der Waals surface area contributed by atoms with Crippen LogP contribution < -0.4 is 14.4 Å². The normalized spacial score (nSPS) is 14.7. The Balaban J connectivity index is 1.86. The quantitative estimate of drug-likeness (QED) is 0.576. The summed E-state index contributed by atoms with van der Waals surface area (Å²) in [5.74, 6) is -2.33. The average Bonchev–Trinajstić information content (AvgIpc) is 3.57. The van der Waals surface area contributed by atoms with Gasteiger partial charge in [-0.1, -0.05) is 12.8 Å². The van der Waals surface area contributed by atoms with E-state index in [1.54, 1.807) is 13.8 Å². The third-order valence-electron chi connectivity index (χ3n) is 5.34. The van der Waals surface area contributed by atoms with Crippen LogP contribution in [0.1, 0.15) is 33.1 Å². The van der Waals surface area contributed by atoms with Crippen LogP contribution in [0.25, 0.3) is 0 Å². The zero-order chi connectivity index (χ0) is 23.5. The summed E-state index contributed by atoms with van der Waals surface area (Å²) >= 11 is 0. The van der Waals surface area contributed by atoms with Gasteiger partial charge in [0.05, 0.1) is 12.0 Å². The standard InChI is InChI=1S/C23H27FN2O5S/c1-15(2)26(18-8-6-17(24)7-9-18)23(28)21(14-16-4-5-16)22(27)25-32(29,30)20-12-10-19(31-3)11-13-20/h6-13,15-16,21H,4-5,14H2,1-3H3,(H,25,27). The predicted molar refractivity (Wildman–Crippen MR) is 118 cm³/mol. The zero-order valence-corrected chi connectivity index (χ0v) is 19.1. The van der Waals surface area contributed by atoms with E-state index in [0.29, 0.717) is 11.4 Å². The second-order valence-corrected chi connectivity index (χ2v) is 9.84. The number of amides is 2. The van der Waals surface area contributed by atoms with Gasteiger partial charge in [0.15, 0.2) is 0 Å². The maximum Gasteiger partial charge on any atom is 0.264 e. The SMILES string of the molecule is COc1ccc(S(=O)(=O)NC(=O)C(CC2CC2)C(=O)N(c2ccc(F)cc2)C(C)C)cc1. The first-order valence-electron chi connectivity index (χ1n) is 10.4. The zero-order valence-electron chi connectivity index (χ0n) is 18.2. The van der Waals surface area contributed by atoms with Crippen molar-refractivity contribution in [1.29, 1.82) is 0 Å². The minimum absolute atomic E-state index is 0.108. The number of hydrogen-bond donors (Lipinski definition) is 1. The average molecular weight is 463 g/mol. The smallest absolute Gasteiger partial charge is 0.264 e. The molecule has 1 unspecified atom stereocenters. The van der Waals surface area contributed by atoms with Crippen LogP contribution in [0, 0.1) is 17.7 Å². The molecule has 2 aromatic carbocycles. The van der Waals surface area contributed by atoms with Gasteiger partial charge in [-0.25, -0.2) is 17.5 Å². The lowest BCUT2D eigenvalue weighted by molar-refractivity contribution is -0.133. The van der Waals surface area contributed by atoms with E-state index in [1.807, 2.05) is 0 Å². The Labute approximate surface area is 187 Å². The second kappa shape index (κ2) is 9.68. The fraction of sp³-hybridized carbons (Fsp3) is 0.391. The van der Waals surface area contributed by atoms with E-state index in [4.69, 9.17) is 4.74 Å². The van der Waals surface area contributed by atoms with Crippen LogP contribution in [0.5, 0.6) is 5.75 Å². The number of hydrogen-bond acceptors (Lipinski definition) is 5. The van der Waals surface area contributed by atoms with Crippen LogP contribution in [0.4, 0.5) is 10.1 Å². The molecule has 0 aromatic heterocycles. The number of carbonyl (C=O) groups is 2. The molecule has 1 saturated carbocycles. The predicted octanol–water partition coefficient (Wildman–Crippen LogP) is 3.50. The number of nitrogens with zero attached hydrogens (tertiary/aromatic N) is 1. The highest BCUT2D eigenvalue weighted by molar-refractivity contribution is 7.90. The fourth-order valence-corrected chi connectivity index (χ4v) is 4.49. The summed E-state index contributed by atoms with van der Waals surface area (Å²) in [6, 6.07) is 10.7. The van der Waals surface area contributed by atoms with E-state index in [9.17, 15) is 22.4 Å². The third kappa shape index (κ3) is 5.64. The minimum Gasteiger partial charge on any atom is -0.497 e. The van der Waals surface area contributed by atoms with E-state index >= 15 is 0 Å². The van der Waals surface area contributed by atoms with Crippen LogP contribution in [0.15, 0.2) is 53.4 Å². The van der Waals surface area contributed by atoms with Crippen molar-refractivity contribution < 1.29 is 27.1 Å². The second-order valence-electron chi connectivity index (χ2n) is 8.16. The molecule has 2 amide bonds. The number of sulfonamides is 1. The molecule has 1 aliphatic rings. The van der Waals surface area contributed by atoms with Crippen molar-refractivity contribution in [2.24, 2.45) is 11.8 Å². The molecule has 9 heteroatoms. The molecule has 0 spiro atoms. The fourth-order valence-electron chi connectivity index (χ4n) is 3.47. The summed E-state index contributed by atoms with van der Waals surface area (Å²) in [5, 5.41) is 0. The minimum atomic E-state index is -4.17. The van der Waals surface area contributed by atoms with Gasteiger partial charge in [0.2, 0.25) is 11.8 Å². The molecule has 0 heterocycles. The van der Waals surface area contributed by atoms with Crippen molar-refractivity contribution in [1.82, 2.24) is 4.72 Å². The molecule has 2 aromatic rings. The topological polar surface area (TPSA) is 92.8 Å². The number of ether oxygens (including phenoxy) is 1. The van der Waals surface area contributed by atoms with Crippen LogP contribution in [-0.4, -0.2) is 33.4 Å². The monoisotopic (exact) mass is 462 g/mol. The van der Waals surface area contributed by atoms with Crippen molar-refractivity contribution in [2.75, 3.05) is 12.0 Å². The number of anilines is 1. The molecule has 7 nitrogen and oxygen atoms in total. The number of nitrogens with one attached hydrogen (secondary N) is 1. The number of carbonyl (C=O) groups excluding carboxylic acids is 2. The molecule has 1 aliphatic carbocycles. The molecule has 0 bridgehead atoms. The van der Waals surface area contributed by atoms with Gasteiger partial charge < -0.3 is 9.64 Å². The van der Waals surface area contributed by atoms with Crippen LogP contribution >= 0.6 is 0 Å². The van der Waals surface area contributed by atoms with Crippen LogP contribution in [-0.2, 0) is 19.6 Å². The maximum absolute atomic E-state index is 13.4. The lowest BCUT2D eigenvalue weighted by atomic mass is 9.98. The van der Waals surface area contributed by atoms with Gasteiger partial charge in [-0.3, -0.25) is 9.59 Å². The Kier molecular flexibility index (Phi) is 7.18. The molecule has 32 heavy (non-hydrogen) atoms. The summed E-state index contributed by atoms with van der Waals surface area (Å²) in [6.07, 6.45) is 2.04.